The van der Waals surface area contributed by atoms with Crippen molar-refractivity contribution in [2.24, 2.45) is 17.2 Å². The molecule has 2 amide bonds. The van der Waals surface area contributed by atoms with E-state index in [1.54, 1.807) is 0 Å². The first-order chi connectivity index (χ1) is 27.0. The summed E-state index contributed by atoms with van der Waals surface area (Å²) in [6.45, 7) is 17.2. The summed E-state index contributed by atoms with van der Waals surface area (Å²) in [7, 11) is 0. The van der Waals surface area contributed by atoms with Crippen LogP contribution in [0, 0.1) is 0 Å². The number of nitrogens with two attached hydrogens (primary N) is 3. The molecule has 1 heterocycles. The standard InChI is InChI=1S/C15H21NO9.C14H25NO6.C6H15N.C2H8N2/c1-10(17)23-8-12(9-24-11(2)18)22-7-3-4-15(21)25-16-13(19)5-6-14(16)20;1-11(16)20-9-14(10-21-12(2)17)19-8-4-6-13(18)5-3-7-15;1-4-7(5-2)6-3;3-1-2-4/h12H,3-9H2,1-2H3;14H,3-10,15H2,1-2H3;4-6H2,1-3H3;1-4H2. The molecule has 20 heteroatoms. The average molecular weight is 824 g/mol. The Morgan fingerprint density at radius 1 is 0.579 bits per heavy atom. The van der Waals surface area contributed by atoms with Crippen LogP contribution in [0.15, 0.2) is 0 Å². The minimum Gasteiger partial charge on any atom is -0.463 e. The van der Waals surface area contributed by atoms with Crippen LogP contribution in [-0.4, -0.2) is 149 Å². The van der Waals surface area contributed by atoms with Crippen molar-refractivity contribution in [1.82, 2.24) is 9.96 Å². The summed E-state index contributed by atoms with van der Waals surface area (Å²) < 4.78 is 30.1. The van der Waals surface area contributed by atoms with Crippen LogP contribution in [0.4, 0.5) is 0 Å². The van der Waals surface area contributed by atoms with Gasteiger partial charge >= 0.3 is 29.8 Å². The van der Waals surface area contributed by atoms with Crippen LogP contribution in [0.3, 0.4) is 0 Å². The number of hydroxylamine groups is 2. The fraction of sp³-hybridized carbons (Fsp3) is 0.784. The second kappa shape index (κ2) is 38.8. The molecule has 1 fully saturated rings. The number of hydrogen-bond acceptors (Lipinski definition) is 19. The van der Waals surface area contributed by atoms with Gasteiger partial charge in [0.25, 0.3) is 11.8 Å². The third-order valence-electron chi connectivity index (χ3n) is 7.09. The summed E-state index contributed by atoms with van der Waals surface area (Å²) in [5, 5.41) is 0.480. The number of carbonyl (C=O) groups excluding carboxylic acids is 8. The molecule has 6 N–H and O–H groups in total. The molecule has 1 aliphatic rings. The first kappa shape index (κ1) is 57.2. The van der Waals surface area contributed by atoms with E-state index in [-0.39, 0.29) is 64.5 Å². The van der Waals surface area contributed by atoms with Crippen LogP contribution in [0.25, 0.3) is 0 Å². The molecule has 1 rings (SSSR count). The fourth-order valence-corrected chi connectivity index (χ4v) is 4.02. The molecule has 0 saturated carbocycles. The van der Waals surface area contributed by atoms with Crippen molar-refractivity contribution in [3.8, 4) is 0 Å². The maximum absolute atomic E-state index is 11.6. The molecule has 0 aromatic rings. The van der Waals surface area contributed by atoms with Gasteiger partial charge in [0.05, 0.1) is 6.42 Å². The van der Waals surface area contributed by atoms with Gasteiger partial charge in [0, 0.05) is 79.7 Å². The molecule has 0 unspecified atom stereocenters. The summed E-state index contributed by atoms with van der Waals surface area (Å²) in [5.74, 6) is -3.52. The largest absolute Gasteiger partial charge is 0.463 e. The van der Waals surface area contributed by atoms with Gasteiger partial charge in [0.1, 0.15) is 44.4 Å². The van der Waals surface area contributed by atoms with E-state index < -0.39 is 53.9 Å². The lowest BCUT2D eigenvalue weighted by Gasteiger charge is -2.17. The van der Waals surface area contributed by atoms with E-state index in [0.29, 0.717) is 57.0 Å². The number of imide groups is 1. The summed E-state index contributed by atoms with van der Waals surface area (Å²) in [6, 6.07) is 0. The Hall–Kier alpha value is -4.08. The van der Waals surface area contributed by atoms with Gasteiger partial charge in [-0.05, 0) is 45.4 Å². The minimum absolute atomic E-state index is 0.0176. The predicted octanol–water partition coefficient (Wildman–Crippen LogP) is 0.723. The van der Waals surface area contributed by atoms with Gasteiger partial charge in [-0.3, -0.25) is 33.6 Å². The molecule has 20 nitrogen and oxygen atoms in total. The second-order valence-corrected chi connectivity index (χ2v) is 12.1. The molecule has 0 atom stereocenters. The maximum atomic E-state index is 11.6. The van der Waals surface area contributed by atoms with Crippen molar-refractivity contribution in [2.75, 3.05) is 78.9 Å². The van der Waals surface area contributed by atoms with Crippen molar-refractivity contribution < 1.29 is 71.6 Å². The topological polar surface area (TPSA) is 286 Å². The summed E-state index contributed by atoms with van der Waals surface area (Å²) in [4.78, 5) is 95.9. The van der Waals surface area contributed by atoms with Gasteiger partial charge < -0.3 is 55.4 Å². The van der Waals surface area contributed by atoms with Crippen molar-refractivity contribution in [3.63, 3.8) is 0 Å². The minimum atomic E-state index is -0.733. The fourth-order valence-electron chi connectivity index (χ4n) is 4.02. The van der Waals surface area contributed by atoms with Gasteiger partial charge in [0.2, 0.25) is 0 Å². The molecule has 0 radical (unpaired) electrons. The third kappa shape index (κ3) is 38.6. The Labute approximate surface area is 336 Å². The zero-order valence-corrected chi connectivity index (χ0v) is 35.0. The Bertz CT molecular complexity index is 1100. The van der Waals surface area contributed by atoms with E-state index in [1.807, 2.05) is 0 Å². The Morgan fingerprint density at radius 3 is 1.23 bits per heavy atom. The van der Waals surface area contributed by atoms with E-state index in [2.05, 4.69) is 25.7 Å². The zero-order valence-electron chi connectivity index (χ0n) is 35.0. The Kier molecular flexibility index (Phi) is 38.9. The van der Waals surface area contributed by atoms with Crippen LogP contribution >= 0.6 is 0 Å². The second-order valence-electron chi connectivity index (χ2n) is 12.1. The number of nitrogens with zero attached hydrogens (tertiary/aromatic N) is 2. The highest BCUT2D eigenvalue weighted by Gasteiger charge is 2.32. The van der Waals surface area contributed by atoms with Gasteiger partial charge in [0.15, 0.2) is 0 Å². The molecular formula is C37H69N5O15. The number of rotatable bonds is 26. The lowest BCUT2D eigenvalue weighted by atomic mass is 10.1. The number of esters is 4. The molecule has 0 aromatic carbocycles. The van der Waals surface area contributed by atoms with E-state index in [9.17, 15) is 38.4 Å². The SMILES string of the molecule is CC(=O)OCC(COC(C)=O)OCCCC(=O)CCCN.CC(=O)OCC(COC(C)=O)OCCCC(=O)ON1C(=O)CCC1=O.CCN(CC)CC.NCCN. The molecule has 1 aliphatic heterocycles. The first-order valence-electron chi connectivity index (χ1n) is 19.2. The van der Waals surface area contributed by atoms with E-state index in [0.717, 1.165) is 0 Å². The summed E-state index contributed by atoms with van der Waals surface area (Å²) in [5.41, 5.74) is 15.1. The van der Waals surface area contributed by atoms with Crippen molar-refractivity contribution in [1.29, 1.82) is 0 Å². The number of carbonyl (C=O) groups is 8. The number of ketones is 1. The molecule has 0 aromatic heterocycles. The molecule has 0 bridgehead atoms. The van der Waals surface area contributed by atoms with Crippen LogP contribution in [0.1, 0.15) is 99.8 Å². The highest BCUT2D eigenvalue weighted by molar-refractivity contribution is 6.01. The smallest absolute Gasteiger partial charge is 0.333 e. The van der Waals surface area contributed by atoms with Crippen LogP contribution in [0.2, 0.25) is 0 Å². The highest BCUT2D eigenvalue weighted by atomic mass is 16.7. The van der Waals surface area contributed by atoms with Gasteiger partial charge in [-0.25, -0.2) is 4.79 Å². The van der Waals surface area contributed by atoms with Crippen LogP contribution in [-0.2, 0) is 71.6 Å². The van der Waals surface area contributed by atoms with E-state index in [4.69, 9.17) is 50.5 Å². The number of amides is 2. The summed E-state index contributed by atoms with van der Waals surface area (Å²) >= 11 is 0. The highest BCUT2D eigenvalue weighted by Crippen LogP contribution is 2.13. The molecule has 332 valence electrons. The normalized spacial score (nSPS) is 11.8. The molecule has 57 heavy (non-hydrogen) atoms. The van der Waals surface area contributed by atoms with E-state index in [1.165, 1.54) is 47.3 Å². The lowest BCUT2D eigenvalue weighted by Crippen LogP contribution is -2.32. The van der Waals surface area contributed by atoms with Crippen LogP contribution in [0.5, 0.6) is 0 Å². The Balaban J connectivity index is -0.000000817. The number of hydrogen-bond donors (Lipinski definition) is 3. The maximum Gasteiger partial charge on any atom is 0.333 e. The first-order valence-corrected chi connectivity index (χ1v) is 19.2. The number of ether oxygens (including phenoxy) is 6. The number of Topliss-reactive ketones (excluding diaryl/α,β-unsaturated/α-hetero) is 1. The van der Waals surface area contributed by atoms with Crippen molar-refractivity contribution >= 4 is 47.4 Å². The van der Waals surface area contributed by atoms with Crippen molar-refractivity contribution in [3.05, 3.63) is 0 Å². The van der Waals surface area contributed by atoms with Crippen LogP contribution < -0.4 is 17.2 Å². The predicted molar refractivity (Wildman–Crippen MR) is 207 cm³/mol. The third-order valence-corrected chi connectivity index (χ3v) is 7.09. The quantitative estimate of drug-likeness (QED) is 0.0469. The van der Waals surface area contributed by atoms with Gasteiger partial charge in [-0.2, -0.15) is 0 Å². The summed E-state index contributed by atoms with van der Waals surface area (Å²) in [6.07, 6.45) is 1.22. The van der Waals surface area contributed by atoms with E-state index >= 15 is 0 Å². The molecule has 0 spiro atoms. The monoisotopic (exact) mass is 823 g/mol. The Morgan fingerprint density at radius 2 is 0.930 bits per heavy atom. The molecular weight excluding hydrogens is 754 g/mol. The average Bonchev–Trinajstić information content (AvgIpc) is 3.48. The van der Waals surface area contributed by atoms with Crippen molar-refractivity contribution in [2.45, 2.75) is 112 Å². The molecule has 1 saturated heterocycles. The zero-order chi connectivity index (χ0) is 44.0. The molecule has 0 aliphatic carbocycles. The lowest BCUT2D eigenvalue weighted by molar-refractivity contribution is -0.197. The van der Waals surface area contributed by atoms with Gasteiger partial charge in [-0.1, -0.05) is 20.8 Å². The van der Waals surface area contributed by atoms with Gasteiger partial charge in [-0.15, -0.1) is 5.06 Å².